The van der Waals surface area contributed by atoms with Crippen LogP contribution in [-0.2, 0) is 24.3 Å². The van der Waals surface area contributed by atoms with E-state index in [1.54, 1.807) is 34.6 Å². The molecule has 29 heavy (non-hydrogen) atoms. The molecular formula is C19H29N3O6S. The third kappa shape index (κ3) is 8.61. The molecule has 162 valence electrons. The van der Waals surface area contributed by atoms with Crippen LogP contribution in [0.25, 0.3) is 0 Å². The zero-order valence-electron chi connectivity index (χ0n) is 17.5. The number of carbonyl (C=O) groups is 3. The molecule has 0 saturated carbocycles. The molecule has 1 aromatic rings. The van der Waals surface area contributed by atoms with Crippen LogP contribution < -0.4 is 15.4 Å². The van der Waals surface area contributed by atoms with E-state index in [1.165, 1.54) is 31.2 Å². The van der Waals surface area contributed by atoms with Gasteiger partial charge in [0.25, 0.3) is 11.8 Å². The molecule has 9 nitrogen and oxygen atoms in total. The predicted octanol–water partition coefficient (Wildman–Crippen LogP) is 0.950. The maximum atomic E-state index is 12.1. The minimum atomic E-state index is -3.66. The summed E-state index contributed by atoms with van der Waals surface area (Å²) in [5.74, 6) is -1.78. The maximum absolute atomic E-state index is 12.1. The summed E-state index contributed by atoms with van der Waals surface area (Å²) in [5.41, 5.74) is -0.282. The van der Waals surface area contributed by atoms with E-state index in [9.17, 15) is 22.8 Å². The van der Waals surface area contributed by atoms with Gasteiger partial charge in [-0.05, 0) is 65.8 Å². The molecule has 0 radical (unpaired) electrons. The van der Waals surface area contributed by atoms with Gasteiger partial charge in [0.15, 0.2) is 6.10 Å². The predicted molar refractivity (Wildman–Crippen MR) is 108 cm³/mol. The van der Waals surface area contributed by atoms with Crippen LogP contribution in [0.15, 0.2) is 29.2 Å². The van der Waals surface area contributed by atoms with E-state index in [2.05, 4.69) is 15.4 Å². The lowest BCUT2D eigenvalue weighted by atomic mass is 10.1. The molecule has 0 spiro atoms. The molecule has 10 heteroatoms. The third-order valence-corrected chi connectivity index (χ3v) is 5.06. The minimum absolute atomic E-state index is 0.0286. The van der Waals surface area contributed by atoms with Crippen molar-refractivity contribution in [2.45, 2.75) is 64.1 Å². The Morgan fingerprint density at radius 3 is 2.07 bits per heavy atom. The van der Waals surface area contributed by atoms with Gasteiger partial charge in [-0.3, -0.25) is 14.4 Å². The van der Waals surface area contributed by atoms with E-state index in [-0.39, 0.29) is 16.5 Å². The first-order valence-electron chi connectivity index (χ1n) is 9.13. The summed E-state index contributed by atoms with van der Waals surface area (Å²) in [6.07, 6.45) is -1.00. The molecule has 1 atom stereocenters. The van der Waals surface area contributed by atoms with Crippen molar-refractivity contribution < 1.29 is 27.5 Å². The Morgan fingerprint density at radius 1 is 1.03 bits per heavy atom. The number of amides is 2. The third-order valence-electron chi connectivity index (χ3n) is 3.39. The summed E-state index contributed by atoms with van der Waals surface area (Å²) in [5, 5.41) is 5.06. The highest BCUT2D eigenvalue weighted by atomic mass is 32.2. The van der Waals surface area contributed by atoms with Crippen LogP contribution in [0.5, 0.6) is 0 Å². The number of hydrogen-bond acceptors (Lipinski definition) is 6. The molecule has 3 N–H and O–H groups in total. The van der Waals surface area contributed by atoms with Gasteiger partial charge in [-0.1, -0.05) is 0 Å². The molecular weight excluding hydrogens is 398 g/mol. The first-order valence-corrected chi connectivity index (χ1v) is 10.6. The van der Waals surface area contributed by atoms with E-state index in [0.29, 0.717) is 0 Å². The Hall–Kier alpha value is -2.46. The molecule has 0 saturated heterocycles. The quantitative estimate of drug-likeness (QED) is 0.530. The highest BCUT2D eigenvalue weighted by Crippen LogP contribution is 2.11. The van der Waals surface area contributed by atoms with Crippen LogP contribution >= 0.6 is 0 Å². The second-order valence-electron chi connectivity index (χ2n) is 7.85. The lowest BCUT2D eigenvalue weighted by Gasteiger charge is -2.23. The van der Waals surface area contributed by atoms with E-state index < -0.39 is 46.0 Å². The first kappa shape index (κ1) is 24.6. The van der Waals surface area contributed by atoms with Crippen LogP contribution in [-0.4, -0.2) is 50.4 Å². The zero-order valence-corrected chi connectivity index (χ0v) is 18.3. The summed E-state index contributed by atoms with van der Waals surface area (Å²) >= 11 is 0. The van der Waals surface area contributed by atoms with Crippen LogP contribution in [0.3, 0.4) is 0 Å². The lowest BCUT2D eigenvalue weighted by Crippen LogP contribution is -2.46. The highest BCUT2D eigenvalue weighted by Gasteiger charge is 2.22. The summed E-state index contributed by atoms with van der Waals surface area (Å²) in [6.45, 7) is 9.81. The molecule has 0 aliphatic rings. The summed E-state index contributed by atoms with van der Waals surface area (Å²) in [4.78, 5) is 35.9. The average Bonchev–Trinajstić information content (AvgIpc) is 2.57. The van der Waals surface area contributed by atoms with Crippen LogP contribution in [0.4, 0.5) is 0 Å². The van der Waals surface area contributed by atoms with Gasteiger partial charge in [0.1, 0.15) is 6.54 Å². The lowest BCUT2D eigenvalue weighted by molar-refractivity contribution is -0.154. The molecule has 0 aromatic heterocycles. The van der Waals surface area contributed by atoms with Crippen molar-refractivity contribution in [1.82, 2.24) is 15.4 Å². The van der Waals surface area contributed by atoms with Crippen LogP contribution in [0, 0.1) is 0 Å². The van der Waals surface area contributed by atoms with E-state index in [0.717, 1.165) is 0 Å². The number of nitrogens with one attached hydrogen (secondary N) is 3. The number of carbonyl (C=O) groups excluding carboxylic acids is 3. The second-order valence-corrected chi connectivity index (χ2v) is 9.57. The Labute approximate surface area is 171 Å². The Bertz CT molecular complexity index is 842. The number of ether oxygens (including phenoxy) is 1. The van der Waals surface area contributed by atoms with Crippen LogP contribution in [0.2, 0.25) is 0 Å². The van der Waals surface area contributed by atoms with Crippen molar-refractivity contribution >= 4 is 27.8 Å². The van der Waals surface area contributed by atoms with Crippen LogP contribution in [0.1, 0.15) is 51.9 Å². The normalized spacial score (nSPS) is 12.9. The number of hydrogen-bond donors (Lipinski definition) is 3. The Morgan fingerprint density at radius 2 is 1.59 bits per heavy atom. The van der Waals surface area contributed by atoms with Gasteiger partial charge < -0.3 is 15.4 Å². The topological polar surface area (TPSA) is 131 Å². The van der Waals surface area contributed by atoms with Crippen molar-refractivity contribution in [2.75, 3.05) is 6.54 Å². The number of esters is 1. The molecule has 0 unspecified atom stereocenters. The maximum Gasteiger partial charge on any atom is 0.326 e. The fourth-order valence-corrected chi connectivity index (χ4v) is 3.43. The van der Waals surface area contributed by atoms with Crippen molar-refractivity contribution in [3.63, 3.8) is 0 Å². The monoisotopic (exact) mass is 427 g/mol. The van der Waals surface area contributed by atoms with Crippen molar-refractivity contribution in [3.8, 4) is 0 Å². The smallest absolute Gasteiger partial charge is 0.326 e. The standard InChI is InChI=1S/C19H29N3O6S/c1-12(2)22-29(26,27)15-9-7-14(8-10-15)18(25)20-11-16(23)28-13(3)17(24)21-19(4,5)6/h7-10,12-13,22H,11H2,1-6H3,(H,20,25)(H,21,24)/t13-/m1/s1. The SMILES string of the molecule is CC(C)NS(=O)(=O)c1ccc(C(=O)NCC(=O)O[C@H](C)C(=O)NC(C)(C)C)cc1. The molecule has 0 aliphatic heterocycles. The van der Waals surface area contributed by atoms with E-state index >= 15 is 0 Å². The highest BCUT2D eigenvalue weighted by molar-refractivity contribution is 7.89. The van der Waals surface area contributed by atoms with E-state index in [4.69, 9.17) is 4.74 Å². The molecule has 2 amide bonds. The average molecular weight is 428 g/mol. The summed E-state index contributed by atoms with van der Waals surface area (Å²) < 4.78 is 31.6. The minimum Gasteiger partial charge on any atom is -0.451 e. The first-order chi connectivity index (χ1) is 13.2. The van der Waals surface area contributed by atoms with Gasteiger partial charge in [0.05, 0.1) is 4.90 Å². The number of benzene rings is 1. The molecule has 1 aromatic carbocycles. The van der Waals surface area contributed by atoms with Gasteiger partial charge >= 0.3 is 5.97 Å². The van der Waals surface area contributed by atoms with Crippen molar-refractivity contribution in [3.05, 3.63) is 29.8 Å². The summed E-state index contributed by atoms with van der Waals surface area (Å²) in [7, 11) is -3.66. The van der Waals surface area contributed by atoms with Gasteiger partial charge in [-0.2, -0.15) is 0 Å². The molecule has 0 bridgehead atoms. The van der Waals surface area contributed by atoms with Gasteiger partial charge in [-0.25, -0.2) is 13.1 Å². The Kier molecular flexibility index (Phi) is 8.34. The molecule has 0 aliphatic carbocycles. The van der Waals surface area contributed by atoms with Gasteiger partial charge in [-0.15, -0.1) is 0 Å². The molecule has 0 heterocycles. The fourth-order valence-electron chi connectivity index (χ4n) is 2.18. The zero-order chi connectivity index (χ0) is 22.4. The van der Waals surface area contributed by atoms with Crippen molar-refractivity contribution in [1.29, 1.82) is 0 Å². The van der Waals surface area contributed by atoms with Gasteiger partial charge in [0, 0.05) is 17.1 Å². The summed E-state index contributed by atoms with van der Waals surface area (Å²) in [6, 6.07) is 5.03. The number of rotatable bonds is 8. The molecule has 1 rings (SSSR count). The molecule has 0 fully saturated rings. The second kappa shape index (κ2) is 9.84. The largest absolute Gasteiger partial charge is 0.451 e. The Balaban J connectivity index is 2.60. The number of sulfonamides is 1. The fraction of sp³-hybridized carbons (Fsp3) is 0.526. The van der Waals surface area contributed by atoms with Gasteiger partial charge in [0.2, 0.25) is 10.0 Å². The van der Waals surface area contributed by atoms with Crippen molar-refractivity contribution in [2.24, 2.45) is 0 Å². The van der Waals surface area contributed by atoms with E-state index in [1.807, 2.05) is 0 Å².